The van der Waals surface area contributed by atoms with Crippen LogP contribution in [0.1, 0.15) is 25.6 Å². The molecule has 0 aliphatic carbocycles. The van der Waals surface area contributed by atoms with Crippen molar-refractivity contribution in [1.82, 2.24) is 15.5 Å². The third-order valence-electron chi connectivity index (χ3n) is 2.85. The van der Waals surface area contributed by atoms with E-state index in [1.165, 1.54) is 0 Å². The van der Waals surface area contributed by atoms with Gasteiger partial charge in [0, 0.05) is 6.92 Å². The number of hydrogen-bond donors (Lipinski definition) is 1. The van der Waals surface area contributed by atoms with E-state index in [0.717, 1.165) is 0 Å². The maximum atomic E-state index is 12.2. The zero-order valence-electron chi connectivity index (χ0n) is 12.4. The molecule has 0 aliphatic rings. The average molecular weight is 289 g/mol. The Balaban J connectivity index is 1.95. The maximum Gasteiger partial charge on any atom is 0.261 e. The fraction of sp³-hybridized carbons (Fsp3) is 0.400. The van der Waals surface area contributed by atoms with Crippen molar-refractivity contribution in [3.05, 3.63) is 42.1 Å². The lowest BCUT2D eigenvalue weighted by Crippen LogP contribution is -2.41. The number of nitrogens with zero attached hydrogens (tertiary/aromatic N) is 2. The Morgan fingerprint density at radius 1 is 1.29 bits per heavy atom. The summed E-state index contributed by atoms with van der Waals surface area (Å²) < 4.78 is 11.0. The molecule has 2 aromatic rings. The number of para-hydroxylation sites is 1. The lowest BCUT2D eigenvalue weighted by Gasteiger charge is -2.21. The second-order valence-electron chi connectivity index (χ2n) is 5.03. The molecule has 1 amide bonds. The van der Waals surface area contributed by atoms with Gasteiger partial charge in [-0.3, -0.25) is 4.79 Å². The first-order valence-corrected chi connectivity index (χ1v) is 6.84. The molecule has 0 spiro atoms. The molecule has 2 rings (SSSR count). The van der Waals surface area contributed by atoms with Gasteiger partial charge in [0.2, 0.25) is 11.8 Å². The van der Waals surface area contributed by atoms with Gasteiger partial charge in [-0.25, -0.2) is 0 Å². The van der Waals surface area contributed by atoms with Crippen molar-refractivity contribution in [1.29, 1.82) is 0 Å². The molecule has 6 heteroatoms. The summed E-state index contributed by atoms with van der Waals surface area (Å²) in [7, 11) is 0. The highest BCUT2D eigenvalue weighted by Gasteiger charge is 2.24. The van der Waals surface area contributed by atoms with Crippen LogP contribution in [-0.2, 0) is 11.3 Å². The van der Waals surface area contributed by atoms with Crippen molar-refractivity contribution in [2.45, 2.75) is 33.4 Å². The van der Waals surface area contributed by atoms with Crippen molar-refractivity contribution in [3.63, 3.8) is 0 Å². The summed E-state index contributed by atoms with van der Waals surface area (Å²) in [6, 6.07) is 9.28. The van der Waals surface area contributed by atoms with Crippen molar-refractivity contribution in [3.8, 4) is 5.75 Å². The number of aryl methyl sites for hydroxylation is 1. The van der Waals surface area contributed by atoms with E-state index in [2.05, 4.69) is 15.5 Å². The number of amides is 1. The molecule has 0 unspecified atom stereocenters. The Hall–Kier alpha value is -2.37. The predicted octanol–water partition coefficient (Wildman–Crippen LogP) is 2.10. The van der Waals surface area contributed by atoms with Crippen LogP contribution in [-0.4, -0.2) is 22.2 Å². The lowest BCUT2D eigenvalue weighted by molar-refractivity contribution is -0.130. The number of nitrogens with one attached hydrogen (secondary N) is 1. The molecule has 0 bridgehead atoms. The summed E-state index contributed by atoms with van der Waals surface area (Å²) in [5.74, 6) is 1.35. The van der Waals surface area contributed by atoms with Crippen LogP contribution in [0, 0.1) is 12.8 Å². The van der Waals surface area contributed by atoms with Crippen LogP contribution in [0.25, 0.3) is 0 Å². The van der Waals surface area contributed by atoms with Gasteiger partial charge in [0.1, 0.15) is 5.75 Å². The van der Waals surface area contributed by atoms with Crippen molar-refractivity contribution in [2.75, 3.05) is 0 Å². The molecule has 0 saturated heterocycles. The molecule has 0 aliphatic heterocycles. The van der Waals surface area contributed by atoms with Crippen LogP contribution < -0.4 is 10.1 Å². The number of carbonyl (C=O) groups is 1. The second-order valence-corrected chi connectivity index (χ2v) is 5.03. The topological polar surface area (TPSA) is 77.2 Å². The van der Waals surface area contributed by atoms with Crippen LogP contribution in [0.4, 0.5) is 0 Å². The van der Waals surface area contributed by atoms with Crippen molar-refractivity contribution >= 4 is 5.91 Å². The quantitative estimate of drug-likeness (QED) is 0.881. The standard InChI is InChI=1S/C15H19N3O3/c1-10(2)14(21-12-7-5-4-6-8-12)15(19)16-9-13-18-17-11(3)20-13/h4-8,10,14H,9H2,1-3H3,(H,16,19)/t14-/m0/s1. The third kappa shape index (κ3) is 4.30. The van der Waals surface area contributed by atoms with E-state index in [1.807, 2.05) is 44.2 Å². The van der Waals surface area contributed by atoms with E-state index in [0.29, 0.717) is 17.5 Å². The normalized spacial score (nSPS) is 12.2. The molecular weight excluding hydrogens is 270 g/mol. The van der Waals surface area contributed by atoms with Gasteiger partial charge < -0.3 is 14.5 Å². The Bertz CT molecular complexity index is 581. The minimum Gasteiger partial charge on any atom is -0.480 e. The predicted molar refractivity (Wildman–Crippen MR) is 76.6 cm³/mol. The molecule has 112 valence electrons. The number of carbonyl (C=O) groups excluding carboxylic acids is 1. The third-order valence-corrected chi connectivity index (χ3v) is 2.85. The molecule has 1 aromatic carbocycles. The summed E-state index contributed by atoms with van der Waals surface area (Å²) in [6.07, 6.45) is -0.573. The first-order valence-electron chi connectivity index (χ1n) is 6.84. The molecule has 21 heavy (non-hydrogen) atoms. The Morgan fingerprint density at radius 3 is 2.57 bits per heavy atom. The largest absolute Gasteiger partial charge is 0.480 e. The monoisotopic (exact) mass is 289 g/mol. The Labute approximate surface area is 123 Å². The van der Waals surface area contributed by atoms with Crippen molar-refractivity contribution in [2.24, 2.45) is 5.92 Å². The molecule has 6 nitrogen and oxygen atoms in total. The average Bonchev–Trinajstić information content (AvgIpc) is 2.89. The first-order chi connectivity index (χ1) is 10.1. The first kappa shape index (κ1) is 15.0. The minimum atomic E-state index is -0.573. The number of hydrogen-bond acceptors (Lipinski definition) is 5. The van der Waals surface area contributed by atoms with E-state index >= 15 is 0 Å². The molecule has 1 aromatic heterocycles. The van der Waals surface area contributed by atoms with Gasteiger partial charge in [0.05, 0.1) is 6.54 Å². The van der Waals surface area contributed by atoms with Gasteiger partial charge in [-0.2, -0.15) is 0 Å². The number of rotatable bonds is 6. The van der Waals surface area contributed by atoms with Gasteiger partial charge in [0.15, 0.2) is 6.10 Å². The second kappa shape index (κ2) is 6.88. The minimum absolute atomic E-state index is 0.0367. The molecular formula is C15H19N3O3. The summed E-state index contributed by atoms with van der Waals surface area (Å²) in [5, 5.41) is 10.3. The number of aromatic nitrogens is 2. The van der Waals surface area contributed by atoms with Crippen LogP contribution in [0.3, 0.4) is 0 Å². The van der Waals surface area contributed by atoms with Crippen LogP contribution in [0.15, 0.2) is 34.7 Å². The molecule has 0 saturated carbocycles. The van der Waals surface area contributed by atoms with Gasteiger partial charge in [-0.1, -0.05) is 32.0 Å². The highest BCUT2D eigenvalue weighted by atomic mass is 16.5. The highest BCUT2D eigenvalue weighted by molar-refractivity contribution is 5.81. The summed E-state index contributed by atoms with van der Waals surface area (Å²) in [6.45, 7) is 5.77. The molecule has 1 atom stereocenters. The Morgan fingerprint density at radius 2 is 2.00 bits per heavy atom. The van der Waals surface area contributed by atoms with E-state index in [4.69, 9.17) is 9.15 Å². The van der Waals surface area contributed by atoms with Crippen LogP contribution in [0.2, 0.25) is 0 Å². The van der Waals surface area contributed by atoms with E-state index in [9.17, 15) is 4.79 Å². The SMILES string of the molecule is Cc1nnc(CNC(=O)[C@@H](Oc2ccccc2)C(C)C)o1. The van der Waals surface area contributed by atoms with Gasteiger partial charge in [-0.05, 0) is 18.1 Å². The van der Waals surface area contributed by atoms with Gasteiger partial charge in [0.25, 0.3) is 5.91 Å². The molecule has 1 heterocycles. The van der Waals surface area contributed by atoms with Crippen molar-refractivity contribution < 1.29 is 13.9 Å². The van der Waals surface area contributed by atoms with Crippen LogP contribution in [0.5, 0.6) is 5.75 Å². The fourth-order valence-corrected chi connectivity index (χ4v) is 1.81. The summed E-state index contributed by atoms with van der Waals surface area (Å²) >= 11 is 0. The zero-order chi connectivity index (χ0) is 15.2. The van der Waals surface area contributed by atoms with Gasteiger partial charge in [-0.15, -0.1) is 10.2 Å². The fourth-order valence-electron chi connectivity index (χ4n) is 1.81. The maximum absolute atomic E-state index is 12.2. The highest BCUT2D eigenvalue weighted by Crippen LogP contribution is 2.15. The van der Waals surface area contributed by atoms with Gasteiger partial charge >= 0.3 is 0 Å². The van der Waals surface area contributed by atoms with E-state index < -0.39 is 6.10 Å². The lowest BCUT2D eigenvalue weighted by atomic mass is 10.1. The number of ether oxygens (including phenoxy) is 1. The van der Waals surface area contributed by atoms with Crippen LogP contribution >= 0.6 is 0 Å². The van der Waals surface area contributed by atoms with E-state index in [-0.39, 0.29) is 18.4 Å². The smallest absolute Gasteiger partial charge is 0.261 e. The van der Waals surface area contributed by atoms with E-state index in [1.54, 1.807) is 6.92 Å². The Kier molecular flexibility index (Phi) is 4.92. The zero-order valence-corrected chi connectivity index (χ0v) is 12.4. The summed E-state index contributed by atoms with van der Waals surface area (Å²) in [5.41, 5.74) is 0. The molecule has 1 N–H and O–H groups in total. The summed E-state index contributed by atoms with van der Waals surface area (Å²) in [4.78, 5) is 12.2. The molecule has 0 radical (unpaired) electrons. The molecule has 0 fully saturated rings. The number of benzene rings is 1.